The van der Waals surface area contributed by atoms with Gasteiger partial charge in [0.15, 0.2) is 5.96 Å². The number of nitrogens with one attached hydrogen (secondary N) is 2. The number of rotatable bonds is 7. The van der Waals surface area contributed by atoms with Crippen LogP contribution in [0.4, 0.5) is 5.95 Å². The molecule has 1 fully saturated rings. The van der Waals surface area contributed by atoms with E-state index >= 15 is 0 Å². The second-order valence-electron chi connectivity index (χ2n) is 6.13. The Morgan fingerprint density at radius 1 is 1.11 bits per heavy atom. The van der Waals surface area contributed by atoms with Crippen molar-refractivity contribution in [2.45, 2.75) is 6.42 Å². The van der Waals surface area contributed by atoms with E-state index in [-0.39, 0.29) is 24.0 Å². The molecule has 0 radical (unpaired) electrons. The van der Waals surface area contributed by atoms with Crippen LogP contribution in [-0.2, 0) is 6.42 Å². The van der Waals surface area contributed by atoms with E-state index in [9.17, 15) is 0 Å². The van der Waals surface area contributed by atoms with Crippen LogP contribution in [-0.4, -0.2) is 73.7 Å². The zero-order chi connectivity index (χ0) is 18.0. The molecular weight excluding hydrogens is 457 g/mol. The molecule has 2 aromatic heterocycles. The molecule has 1 saturated heterocycles. The monoisotopic (exact) mass is 485 g/mol. The molecule has 0 saturated carbocycles. The first kappa shape index (κ1) is 21.4. The van der Waals surface area contributed by atoms with Crippen molar-refractivity contribution in [1.29, 1.82) is 0 Å². The molecule has 0 amide bonds. The Morgan fingerprint density at radius 3 is 2.52 bits per heavy atom. The van der Waals surface area contributed by atoms with Gasteiger partial charge >= 0.3 is 0 Å². The highest BCUT2D eigenvalue weighted by atomic mass is 127. The lowest BCUT2D eigenvalue weighted by molar-refractivity contribution is 0.260. The Morgan fingerprint density at radius 2 is 1.85 bits per heavy atom. The van der Waals surface area contributed by atoms with E-state index in [1.807, 2.05) is 18.2 Å². The summed E-state index contributed by atoms with van der Waals surface area (Å²) < 4.78 is 5.33. The molecule has 1 aliphatic rings. The Hall–Kier alpha value is -1.88. The highest BCUT2D eigenvalue weighted by Gasteiger charge is 2.18. The minimum Gasteiger partial charge on any atom is -0.469 e. The summed E-state index contributed by atoms with van der Waals surface area (Å²) >= 11 is 0. The van der Waals surface area contributed by atoms with Crippen molar-refractivity contribution in [2.75, 3.05) is 57.8 Å². The maximum atomic E-state index is 5.33. The van der Waals surface area contributed by atoms with Crippen LogP contribution in [0.2, 0.25) is 0 Å². The summed E-state index contributed by atoms with van der Waals surface area (Å²) in [7, 11) is 1.79. The van der Waals surface area contributed by atoms with Crippen molar-refractivity contribution in [3.63, 3.8) is 0 Å². The zero-order valence-corrected chi connectivity index (χ0v) is 18.0. The average Bonchev–Trinajstić information content (AvgIpc) is 3.21. The number of aromatic nitrogens is 2. The summed E-state index contributed by atoms with van der Waals surface area (Å²) in [5.74, 6) is 2.63. The first-order chi connectivity index (χ1) is 12.8. The van der Waals surface area contributed by atoms with Gasteiger partial charge in [-0.15, -0.1) is 24.0 Å². The van der Waals surface area contributed by atoms with E-state index in [0.717, 1.165) is 69.9 Å². The lowest BCUT2D eigenvalue weighted by Gasteiger charge is -2.34. The molecule has 3 heterocycles. The zero-order valence-electron chi connectivity index (χ0n) is 15.7. The molecule has 148 valence electrons. The largest absolute Gasteiger partial charge is 0.469 e. The molecule has 8 nitrogen and oxygen atoms in total. The predicted molar refractivity (Wildman–Crippen MR) is 118 cm³/mol. The summed E-state index contributed by atoms with van der Waals surface area (Å²) in [5.41, 5.74) is 0. The third kappa shape index (κ3) is 6.98. The van der Waals surface area contributed by atoms with Crippen molar-refractivity contribution in [3.8, 4) is 0 Å². The van der Waals surface area contributed by atoms with Gasteiger partial charge in [-0.05, 0) is 18.2 Å². The maximum absolute atomic E-state index is 5.33. The molecule has 0 unspecified atom stereocenters. The number of nitrogens with zero attached hydrogens (tertiary/aromatic N) is 5. The quantitative estimate of drug-likeness (QED) is 0.347. The molecule has 27 heavy (non-hydrogen) atoms. The van der Waals surface area contributed by atoms with Crippen molar-refractivity contribution in [1.82, 2.24) is 25.5 Å². The second kappa shape index (κ2) is 11.8. The van der Waals surface area contributed by atoms with Gasteiger partial charge in [-0.3, -0.25) is 9.89 Å². The summed E-state index contributed by atoms with van der Waals surface area (Å²) in [6.45, 7) is 6.60. The molecule has 9 heteroatoms. The van der Waals surface area contributed by atoms with Crippen molar-refractivity contribution in [3.05, 3.63) is 42.6 Å². The summed E-state index contributed by atoms with van der Waals surface area (Å²) in [5, 5.41) is 6.68. The smallest absolute Gasteiger partial charge is 0.225 e. The standard InChI is InChI=1S/C18H27N7O.HI/c1-19-17(20-8-5-16-4-2-15-26-16)21-9-10-24-11-13-25(14-12-24)18-22-6-3-7-23-18;/h2-4,6-7,15H,5,8-14H2,1H3,(H2,19,20,21);1H. The fourth-order valence-electron chi connectivity index (χ4n) is 2.94. The Balaban J connectivity index is 0.00000261. The third-order valence-electron chi connectivity index (χ3n) is 4.40. The molecule has 2 aromatic rings. The van der Waals surface area contributed by atoms with E-state index in [4.69, 9.17) is 4.42 Å². The number of anilines is 1. The molecule has 0 atom stereocenters. The maximum Gasteiger partial charge on any atom is 0.225 e. The highest BCUT2D eigenvalue weighted by molar-refractivity contribution is 14.0. The van der Waals surface area contributed by atoms with Crippen molar-refractivity contribution in [2.24, 2.45) is 4.99 Å². The Bertz CT molecular complexity index is 658. The molecule has 0 aliphatic carbocycles. The minimum atomic E-state index is 0. The lowest BCUT2D eigenvalue weighted by atomic mass is 10.3. The molecule has 0 aromatic carbocycles. The van der Waals surface area contributed by atoms with E-state index in [0.29, 0.717) is 0 Å². The first-order valence-corrected chi connectivity index (χ1v) is 9.06. The number of piperazine rings is 1. The summed E-state index contributed by atoms with van der Waals surface area (Å²) in [6.07, 6.45) is 6.13. The molecule has 2 N–H and O–H groups in total. The number of furan rings is 1. The fraction of sp³-hybridized carbons (Fsp3) is 0.500. The van der Waals surface area contributed by atoms with Crippen LogP contribution < -0.4 is 15.5 Å². The summed E-state index contributed by atoms with van der Waals surface area (Å²) in [6, 6.07) is 5.74. The molecular formula is C18H28IN7O. The van der Waals surface area contributed by atoms with Crippen LogP contribution in [0.1, 0.15) is 5.76 Å². The molecule has 1 aliphatic heterocycles. The predicted octanol–water partition coefficient (Wildman–Crippen LogP) is 1.22. The number of hydrogen-bond donors (Lipinski definition) is 2. The Kier molecular flexibility index (Phi) is 9.32. The molecule has 0 bridgehead atoms. The van der Waals surface area contributed by atoms with Crippen LogP contribution >= 0.6 is 24.0 Å². The van der Waals surface area contributed by atoms with Crippen LogP contribution in [0.5, 0.6) is 0 Å². The van der Waals surface area contributed by atoms with Gasteiger partial charge < -0.3 is 20.0 Å². The van der Waals surface area contributed by atoms with Crippen molar-refractivity contribution >= 4 is 35.9 Å². The number of guanidine groups is 1. The van der Waals surface area contributed by atoms with Gasteiger partial charge in [0.25, 0.3) is 0 Å². The third-order valence-corrected chi connectivity index (χ3v) is 4.40. The average molecular weight is 485 g/mol. The van der Waals surface area contributed by atoms with E-state index in [2.05, 4.69) is 35.4 Å². The Labute approximate surface area is 177 Å². The van der Waals surface area contributed by atoms with Gasteiger partial charge in [-0.2, -0.15) is 0 Å². The lowest BCUT2D eigenvalue weighted by Crippen LogP contribution is -2.49. The van der Waals surface area contributed by atoms with Crippen molar-refractivity contribution < 1.29 is 4.42 Å². The van der Waals surface area contributed by atoms with Gasteiger partial charge in [0.1, 0.15) is 5.76 Å². The molecule has 0 spiro atoms. The highest BCUT2D eigenvalue weighted by Crippen LogP contribution is 2.09. The second-order valence-corrected chi connectivity index (χ2v) is 6.13. The first-order valence-electron chi connectivity index (χ1n) is 9.06. The summed E-state index contributed by atoms with van der Waals surface area (Å²) in [4.78, 5) is 17.6. The number of hydrogen-bond acceptors (Lipinski definition) is 6. The fourth-order valence-corrected chi connectivity index (χ4v) is 2.94. The normalized spacial score (nSPS) is 15.3. The van der Waals surface area contributed by atoms with Crippen LogP contribution in [0.15, 0.2) is 46.3 Å². The van der Waals surface area contributed by atoms with Gasteiger partial charge in [0.05, 0.1) is 6.26 Å². The number of halogens is 1. The topological polar surface area (TPSA) is 81.8 Å². The van der Waals surface area contributed by atoms with Crippen LogP contribution in [0.3, 0.4) is 0 Å². The van der Waals surface area contributed by atoms with Gasteiger partial charge in [0, 0.05) is 71.7 Å². The van der Waals surface area contributed by atoms with Crippen LogP contribution in [0, 0.1) is 0 Å². The van der Waals surface area contributed by atoms with Gasteiger partial charge in [-0.1, -0.05) is 0 Å². The van der Waals surface area contributed by atoms with E-state index in [1.165, 1.54) is 0 Å². The van der Waals surface area contributed by atoms with Gasteiger partial charge in [-0.25, -0.2) is 9.97 Å². The number of aliphatic imine (C=N–C) groups is 1. The van der Waals surface area contributed by atoms with E-state index < -0.39 is 0 Å². The van der Waals surface area contributed by atoms with Crippen LogP contribution in [0.25, 0.3) is 0 Å². The van der Waals surface area contributed by atoms with E-state index in [1.54, 1.807) is 25.7 Å². The SMILES string of the molecule is CN=C(NCCc1ccco1)NCCN1CCN(c2ncccn2)CC1.I. The van der Waals surface area contributed by atoms with Gasteiger partial charge in [0.2, 0.25) is 5.95 Å². The minimum absolute atomic E-state index is 0. The molecule has 3 rings (SSSR count).